The summed E-state index contributed by atoms with van der Waals surface area (Å²) in [4.78, 5) is 0. The molecule has 0 amide bonds. The van der Waals surface area contributed by atoms with Crippen LogP contribution in [0, 0.1) is 0 Å². The summed E-state index contributed by atoms with van der Waals surface area (Å²) in [6, 6.07) is 90.5. The molecular formula is C70H40N4. The zero-order chi connectivity index (χ0) is 47.9. The van der Waals surface area contributed by atoms with E-state index in [2.05, 4.69) is 261 Å². The van der Waals surface area contributed by atoms with Crippen LogP contribution in [0.2, 0.25) is 0 Å². The standard InChI is InChI=1S/C70H40N4/c1-3-17-44(18-4-1)71-58-30-11-9-22-48(58)55-38-42(32-34-60(55)71)47-24-13-25-50-51-26-14-28-53-65-62(73(67(47)50)68(51)53)36-37-63-66(65)54-29-15-27-52-57-39-41-16-7-8-21-46(41)64(70(57)74(63)69(52)54)43-33-35-61-56(40-43)49-23-10-12-31-59(49)72(61)45-19-5-2-6-20-45/h1-40H. The molecule has 0 aliphatic heterocycles. The maximum atomic E-state index is 2.62. The Morgan fingerprint density at radius 3 is 1.28 bits per heavy atom. The van der Waals surface area contributed by atoms with Crippen LogP contribution < -0.4 is 0 Å². The van der Waals surface area contributed by atoms with Crippen molar-refractivity contribution in [3.8, 4) is 33.6 Å². The van der Waals surface area contributed by atoms with Crippen molar-refractivity contribution in [2.24, 2.45) is 0 Å². The van der Waals surface area contributed by atoms with Gasteiger partial charge in [-0.2, -0.15) is 0 Å². The molecule has 0 radical (unpaired) electrons. The van der Waals surface area contributed by atoms with E-state index in [0.29, 0.717) is 0 Å². The molecule has 12 aromatic carbocycles. The molecule has 6 heterocycles. The zero-order valence-corrected chi connectivity index (χ0v) is 39.9. The van der Waals surface area contributed by atoms with E-state index < -0.39 is 0 Å². The van der Waals surface area contributed by atoms with Gasteiger partial charge >= 0.3 is 0 Å². The fourth-order valence-electron chi connectivity index (χ4n) is 13.9. The first-order valence-electron chi connectivity index (χ1n) is 25.7. The molecule has 74 heavy (non-hydrogen) atoms. The Hall–Kier alpha value is -9.90. The first-order chi connectivity index (χ1) is 36.8. The zero-order valence-electron chi connectivity index (χ0n) is 39.9. The molecule has 18 rings (SSSR count). The van der Waals surface area contributed by atoms with Crippen LogP contribution in [0.3, 0.4) is 0 Å². The van der Waals surface area contributed by atoms with Gasteiger partial charge in [0.25, 0.3) is 0 Å². The van der Waals surface area contributed by atoms with Crippen LogP contribution in [0.25, 0.3) is 164 Å². The van der Waals surface area contributed by atoms with E-state index in [1.165, 1.54) is 164 Å². The molecule has 0 N–H and O–H groups in total. The van der Waals surface area contributed by atoms with Crippen LogP contribution in [-0.2, 0) is 0 Å². The molecule has 0 aliphatic carbocycles. The summed E-state index contributed by atoms with van der Waals surface area (Å²) in [6.45, 7) is 0. The van der Waals surface area contributed by atoms with Crippen molar-refractivity contribution >= 4 is 131 Å². The minimum absolute atomic E-state index is 1.17. The predicted octanol–water partition coefficient (Wildman–Crippen LogP) is 18.7. The van der Waals surface area contributed by atoms with Gasteiger partial charge in [-0.15, -0.1) is 0 Å². The monoisotopic (exact) mass is 936 g/mol. The normalized spacial score (nSPS) is 12.6. The molecular weight excluding hydrogens is 897 g/mol. The Labute approximate surface area is 422 Å². The van der Waals surface area contributed by atoms with Gasteiger partial charge in [-0.3, -0.25) is 0 Å². The number of aromatic nitrogens is 4. The van der Waals surface area contributed by atoms with E-state index in [1.54, 1.807) is 0 Å². The topological polar surface area (TPSA) is 18.7 Å². The predicted molar refractivity (Wildman–Crippen MR) is 313 cm³/mol. The summed E-state index contributed by atoms with van der Waals surface area (Å²) < 4.78 is 10.0. The Bertz CT molecular complexity index is 5420. The second-order valence-electron chi connectivity index (χ2n) is 20.3. The number of fused-ring (bicyclic) bond motifs is 20. The average Bonchev–Trinajstić information content (AvgIpc) is 4.35. The summed E-state index contributed by atoms with van der Waals surface area (Å²) in [5.74, 6) is 0. The highest BCUT2D eigenvalue weighted by Crippen LogP contribution is 2.51. The minimum Gasteiger partial charge on any atom is -0.309 e. The van der Waals surface area contributed by atoms with E-state index >= 15 is 0 Å². The number of para-hydroxylation sites is 7. The number of hydrogen-bond acceptors (Lipinski definition) is 0. The van der Waals surface area contributed by atoms with Gasteiger partial charge in [0.2, 0.25) is 0 Å². The lowest BCUT2D eigenvalue weighted by Gasteiger charge is -2.13. The van der Waals surface area contributed by atoms with Crippen LogP contribution in [0.5, 0.6) is 0 Å². The quantitative estimate of drug-likeness (QED) is 0.167. The van der Waals surface area contributed by atoms with Crippen molar-refractivity contribution < 1.29 is 0 Å². The third-order valence-electron chi connectivity index (χ3n) is 16.8. The van der Waals surface area contributed by atoms with Crippen molar-refractivity contribution in [2.75, 3.05) is 0 Å². The highest BCUT2D eigenvalue weighted by atomic mass is 15.0. The lowest BCUT2D eigenvalue weighted by Crippen LogP contribution is -1.93. The van der Waals surface area contributed by atoms with Crippen LogP contribution >= 0.6 is 0 Å². The molecule has 0 bridgehead atoms. The summed E-state index contributed by atoms with van der Waals surface area (Å²) in [5.41, 5.74) is 19.6. The van der Waals surface area contributed by atoms with E-state index in [1.807, 2.05) is 0 Å². The first kappa shape index (κ1) is 38.8. The fraction of sp³-hybridized carbons (Fsp3) is 0. The van der Waals surface area contributed by atoms with Gasteiger partial charge in [0.15, 0.2) is 0 Å². The van der Waals surface area contributed by atoms with Gasteiger partial charge in [0.05, 0.1) is 55.2 Å². The van der Waals surface area contributed by atoms with Gasteiger partial charge in [0.1, 0.15) is 0 Å². The van der Waals surface area contributed by atoms with Crippen molar-refractivity contribution in [2.45, 2.75) is 0 Å². The lowest BCUT2D eigenvalue weighted by molar-refractivity contribution is 1.18. The average molecular weight is 937 g/mol. The summed E-state index contributed by atoms with van der Waals surface area (Å²) in [7, 11) is 0. The molecule has 340 valence electrons. The molecule has 0 atom stereocenters. The summed E-state index contributed by atoms with van der Waals surface area (Å²) in [6.07, 6.45) is 0. The minimum atomic E-state index is 1.17. The highest BCUT2D eigenvalue weighted by molar-refractivity contribution is 6.37. The lowest BCUT2D eigenvalue weighted by atomic mass is 9.93. The van der Waals surface area contributed by atoms with Crippen LogP contribution in [0.4, 0.5) is 0 Å². The first-order valence-corrected chi connectivity index (χ1v) is 25.7. The maximum absolute atomic E-state index is 2.62. The van der Waals surface area contributed by atoms with E-state index in [-0.39, 0.29) is 0 Å². The van der Waals surface area contributed by atoms with Crippen LogP contribution in [0.15, 0.2) is 243 Å². The third kappa shape index (κ3) is 4.79. The third-order valence-corrected chi connectivity index (χ3v) is 16.8. The van der Waals surface area contributed by atoms with Crippen molar-refractivity contribution in [1.29, 1.82) is 0 Å². The Balaban J connectivity index is 0.928. The van der Waals surface area contributed by atoms with E-state index in [0.717, 1.165) is 0 Å². The Morgan fingerprint density at radius 1 is 0.230 bits per heavy atom. The molecule has 0 unspecified atom stereocenters. The van der Waals surface area contributed by atoms with Gasteiger partial charge in [-0.1, -0.05) is 164 Å². The SMILES string of the molecule is c1ccc(-n2c3ccccc3c3cc(-c4cccc5c6cccc7c8c9c%10cccc%11c%12cc%13ccccc%13c(-c%13ccc%14c(c%13)c%13ccccc%13n%14-c%13ccccc%13)c%12n(c9ccc8n(c45)c67)c%11%10)ccc32)cc1. The molecule has 0 aliphatic rings. The Morgan fingerprint density at radius 2 is 0.662 bits per heavy atom. The number of benzene rings is 12. The molecule has 0 saturated heterocycles. The Kier molecular flexibility index (Phi) is 7.31. The van der Waals surface area contributed by atoms with Crippen molar-refractivity contribution in [1.82, 2.24) is 17.9 Å². The second kappa shape index (κ2) is 13.9. The summed E-state index contributed by atoms with van der Waals surface area (Å²) in [5, 5.41) is 17.8. The summed E-state index contributed by atoms with van der Waals surface area (Å²) >= 11 is 0. The second-order valence-corrected chi connectivity index (χ2v) is 20.3. The van der Waals surface area contributed by atoms with Gasteiger partial charge in [0, 0.05) is 87.1 Å². The van der Waals surface area contributed by atoms with Gasteiger partial charge in [-0.25, -0.2) is 0 Å². The largest absolute Gasteiger partial charge is 0.309 e. The molecule has 0 fully saturated rings. The molecule has 4 heteroatoms. The van der Waals surface area contributed by atoms with Crippen LogP contribution in [-0.4, -0.2) is 17.9 Å². The van der Waals surface area contributed by atoms with Gasteiger partial charge in [-0.05, 0) is 101 Å². The van der Waals surface area contributed by atoms with Crippen molar-refractivity contribution in [3.05, 3.63) is 243 Å². The maximum Gasteiger partial charge on any atom is 0.0626 e. The molecule has 6 aromatic heterocycles. The molecule has 0 saturated carbocycles. The van der Waals surface area contributed by atoms with E-state index in [4.69, 9.17) is 0 Å². The van der Waals surface area contributed by atoms with Crippen molar-refractivity contribution in [3.63, 3.8) is 0 Å². The highest BCUT2D eigenvalue weighted by Gasteiger charge is 2.27. The smallest absolute Gasteiger partial charge is 0.0626 e. The number of hydrogen-bond donors (Lipinski definition) is 0. The molecule has 4 nitrogen and oxygen atoms in total. The van der Waals surface area contributed by atoms with Gasteiger partial charge < -0.3 is 17.9 Å². The van der Waals surface area contributed by atoms with Crippen LogP contribution in [0.1, 0.15) is 0 Å². The molecule has 18 aromatic rings. The molecule has 0 spiro atoms. The number of nitrogens with zero attached hydrogens (tertiary/aromatic N) is 4. The number of rotatable bonds is 4. The fourth-order valence-corrected chi connectivity index (χ4v) is 13.9. The van der Waals surface area contributed by atoms with E-state index in [9.17, 15) is 0 Å².